The second-order valence-electron chi connectivity index (χ2n) is 15.1. The van der Waals surface area contributed by atoms with Crippen LogP contribution in [0.2, 0.25) is 0 Å². The highest BCUT2D eigenvalue weighted by Gasteiger charge is 2.23. The lowest BCUT2D eigenvalue weighted by Gasteiger charge is -2.18. The van der Waals surface area contributed by atoms with Crippen molar-refractivity contribution >= 4 is 73.8 Å². The molecule has 5 heteroatoms. The lowest BCUT2D eigenvalue weighted by Crippen LogP contribution is -2.02. The summed E-state index contributed by atoms with van der Waals surface area (Å²) in [6.45, 7) is 0. The molecule has 0 amide bonds. The number of hydrogen-bond donors (Lipinski definition) is 0. The van der Waals surface area contributed by atoms with Crippen LogP contribution in [0.25, 0.3) is 119 Å². The molecular formula is C55H33N3S2. The first-order valence-electron chi connectivity index (χ1n) is 20.1. The van der Waals surface area contributed by atoms with Crippen molar-refractivity contribution in [3.8, 4) is 67.5 Å². The number of thiophene rings is 2. The van der Waals surface area contributed by atoms with Crippen molar-refractivity contribution in [1.82, 2.24) is 15.0 Å². The molecule has 3 nitrogen and oxygen atoms in total. The van der Waals surface area contributed by atoms with E-state index >= 15 is 0 Å². The summed E-state index contributed by atoms with van der Waals surface area (Å²) < 4.78 is 4.82. The molecule has 0 atom stereocenters. The van der Waals surface area contributed by atoms with Crippen LogP contribution in [0, 0.1) is 0 Å². The van der Waals surface area contributed by atoms with E-state index in [1.165, 1.54) is 45.9 Å². The quantitative estimate of drug-likeness (QED) is 0.168. The maximum Gasteiger partial charge on any atom is 0.165 e. The van der Waals surface area contributed by atoms with Gasteiger partial charge < -0.3 is 0 Å². The third kappa shape index (κ3) is 5.74. The fraction of sp³-hybridized carbons (Fsp3) is 0. The molecule has 0 spiro atoms. The molecule has 12 aromatic rings. The Morgan fingerprint density at radius 2 is 0.783 bits per heavy atom. The Kier molecular flexibility index (Phi) is 8.22. The fourth-order valence-electron chi connectivity index (χ4n) is 8.77. The molecule has 0 N–H and O–H groups in total. The minimum absolute atomic E-state index is 0.641. The highest BCUT2D eigenvalue weighted by atomic mass is 32.1. The molecular weight excluding hydrogens is 767 g/mol. The molecule has 0 fully saturated rings. The average Bonchev–Trinajstić information content (AvgIpc) is 3.90. The summed E-state index contributed by atoms with van der Waals surface area (Å²) in [5.74, 6) is 1.96. The first-order valence-corrected chi connectivity index (χ1v) is 21.7. The minimum atomic E-state index is 0.641. The number of rotatable bonds is 6. The Hall–Kier alpha value is -7.31. The largest absolute Gasteiger partial charge is 0.208 e. The van der Waals surface area contributed by atoms with E-state index in [-0.39, 0.29) is 0 Å². The van der Waals surface area contributed by atoms with E-state index in [9.17, 15) is 0 Å². The molecule has 0 bridgehead atoms. The number of fused-ring (bicyclic) bond motifs is 7. The Balaban J connectivity index is 1.18. The Morgan fingerprint density at radius 1 is 0.283 bits per heavy atom. The highest BCUT2D eigenvalue weighted by molar-refractivity contribution is 7.26. The van der Waals surface area contributed by atoms with Gasteiger partial charge in [0.05, 0.1) is 0 Å². The fourth-order valence-corrected chi connectivity index (χ4v) is 11.2. The van der Waals surface area contributed by atoms with Crippen LogP contribution in [0.3, 0.4) is 0 Å². The summed E-state index contributed by atoms with van der Waals surface area (Å²) in [6.07, 6.45) is 0. The zero-order valence-electron chi connectivity index (χ0n) is 32.2. The van der Waals surface area contributed by atoms with Crippen LogP contribution in [0.4, 0.5) is 0 Å². The lowest BCUT2D eigenvalue weighted by atomic mass is 9.88. The Bertz CT molecular complexity index is 3470. The first-order chi connectivity index (χ1) is 29.7. The van der Waals surface area contributed by atoms with Crippen LogP contribution in [0.15, 0.2) is 200 Å². The van der Waals surface area contributed by atoms with E-state index in [2.05, 4.69) is 200 Å². The molecule has 0 aliphatic rings. The molecule has 3 heterocycles. The summed E-state index contributed by atoms with van der Waals surface area (Å²) in [5.41, 5.74) is 9.82. The first kappa shape index (κ1) is 34.7. The average molecular weight is 800 g/mol. The molecule has 60 heavy (non-hydrogen) atoms. The van der Waals surface area contributed by atoms with Crippen LogP contribution in [-0.4, -0.2) is 15.0 Å². The summed E-state index contributed by atoms with van der Waals surface area (Å²) >= 11 is 3.59. The summed E-state index contributed by atoms with van der Waals surface area (Å²) in [6, 6.07) is 71.5. The normalized spacial score (nSPS) is 11.7. The van der Waals surface area contributed by atoms with Gasteiger partial charge in [-0.15, -0.1) is 22.7 Å². The van der Waals surface area contributed by atoms with Crippen LogP contribution in [-0.2, 0) is 0 Å². The topological polar surface area (TPSA) is 38.7 Å². The van der Waals surface area contributed by atoms with Gasteiger partial charge in [-0.25, -0.2) is 15.0 Å². The zero-order chi connectivity index (χ0) is 39.6. The molecule has 0 saturated heterocycles. The zero-order valence-corrected chi connectivity index (χ0v) is 33.8. The van der Waals surface area contributed by atoms with Crippen molar-refractivity contribution in [3.05, 3.63) is 200 Å². The smallest absolute Gasteiger partial charge is 0.165 e. The predicted octanol–water partition coefficient (Wildman–Crippen LogP) is 15.8. The predicted molar refractivity (Wildman–Crippen MR) is 256 cm³/mol. The number of hydrogen-bond acceptors (Lipinski definition) is 5. The van der Waals surface area contributed by atoms with E-state index in [4.69, 9.17) is 15.0 Å². The van der Waals surface area contributed by atoms with Gasteiger partial charge in [-0.3, -0.25) is 0 Å². The number of aromatic nitrogens is 3. The molecule has 0 aliphatic carbocycles. The number of benzene rings is 9. The van der Waals surface area contributed by atoms with Crippen molar-refractivity contribution in [1.29, 1.82) is 0 Å². The summed E-state index contributed by atoms with van der Waals surface area (Å²) in [4.78, 5) is 16.5. The van der Waals surface area contributed by atoms with Gasteiger partial charge in [-0.05, 0) is 74.5 Å². The molecule has 0 radical (unpaired) electrons. The van der Waals surface area contributed by atoms with E-state index in [0.29, 0.717) is 17.5 Å². The summed E-state index contributed by atoms with van der Waals surface area (Å²) in [7, 11) is 0. The van der Waals surface area contributed by atoms with Gasteiger partial charge in [0.15, 0.2) is 17.5 Å². The van der Waals surface area contributed by atoms with Crippen LogP contribution >= 0.6 is 22.7 Å². The van der Waals surface area contributed by atoms with Gasteiger partial charge in [0.1, 0.15) is 0 Å². The molecule has 9 aromatic carbocycles. The SMILES string of the molecule is c1ccc(-c2ccc3c(-c4nc(-c5cccc6c5sc5ccccc56)nc(-c5cccc6c5sc5ccccc56)n4)c(-c4ccccc4-c4ccccc4)ccc3c2)cc1. The lowest BCUT2D eigenvalue weighted by molar-refractivity contribution is 1.08. The molecule has 0 unspecified atom stereocenters. The van der Waals surface area contributed by atoms with Gasteiger partial charge in [-0.1, -0.05) is 170 Å². The van der Waals surface area contributed by atoms with Gasteiger partial charge in [-0.2, -0.15) is 0 Å². The van der Waals surface area contributed by atoms with E-state index in [1.54, 1.807) is 22.7 Å². The second kappa shape index (κ2) is 14.2. The molecule has 12 rings (SSSR count). The van der Waals surface area contributed by atoms with E-state index in [1.807, 2.05) is 0 Å². The van der Waals surface area contributed by atoms with Crippen LogP contribution < -0.4 is 0 Å². The maximum absolute atomic E-state index is 5.55. The van der Waals surface area contributed by atoms with Gasteiger partial charge in [0.25, 0.3) is 0 Å². The monoisotopic (exact) mass is 799 g/mol. The van der Waals surface area contributed by atoms with E-state index < -0.39 is 0 Å². The Morgan fingerprint density at radius 3 is 1.42 bits per heavy atom. The van der Waals surface area contributed by atoms with Crippen LogP contribution in [0.1, 0.15) is 0 Å². The second-order valence-corrected chi connectivity index (χ2v) is 17.2. The van der Waals surface area contributed by atoms with Crippen molar-refractivity contribution in [3.63, 3.8) is 0 Å². The molecule has 280 valence electrons. The van der Waals surface area contributed by atoms with E-state index in [0.717, 1.165) is 55.3 Å². The van der Waals surface area contributed by atoms with Crippen molar-refractivity contribution in [2.45, 2.75) is 0 Å². The van der Waals surface area contributed by atoms with Crippen LogP contribution in [0.5, 0.6) is 0 Å². The van der Waals surface area contributed by atoms with Gasteiger partial charge in [0.2, 0.25) is 0 Å². The highest BCUT2D eigenvalue weighted by Crippen LogP contribution is 2.45. The molecule has 0 aliphatic heterocycles. The van der Waals surface area contributed by atoms with Crippen molar-refractivity contribution in [2.24, 2.45) is 0 Å². The van der Waals surface area contributed by atoms with Gasteiger partial charge in [0, 0.05) is 57.0 Å². The number of nitrogens with zero attached hydrogens (tertiary/aromatic N) is 3. The maximum atomic E-state index is 5.55. The third-order valence-corrected chi connectivity index (χ3v) is 14.0. The third-order valence-electron chi connectivity index (χ3n) is 11.6. The van der Waals surface area contributed by atoms with Crippen molar-refractivity contribution in [2.75, 3.05) is 0 Å². The van der Waals surface area contributed by atoms with Crippen molar-refractivity contribution < 1.29 is 0 Å². The molecule has 3 aromatic heterocycles. The van der Waals surface area contributed by atoms with Gasteiger partial charge >= 0.3 is 0 Å². The molecule has 0 saturated carbocycles. The Labute approximate surface area is 354 Å². The standard InChI is InChI=1S/C55H33N3S2/c1-3-15-34(16-4-1)36-29-31-39-37(33-36)30-32-43(40-20-8-7-19-38(40)35-17-5-2-6-18-35)50(39)55-57-53(46-25-13-23-44-41-21-9-11-27-48(41)59-51(44)46)56-54(58-55)47-26-14-24-45-42-22-10-12-28-49(42)60-52(45)47/h1-33H. The minimum Gasteiger partial charge on any atom is -0.208 e. The summed E-state index contributed by atoms with van der Waals surface area (Å²) in [5, 5.41) is 7.10.